The van der Waals surface area contributed by atoms with Gasteiger partial charge < -0.3 is 0 Å². The molecule has 8 heteroatoms. The highest BCUT2D eigenvalue weighted by atomic mass is 79.9. The molecule has 0 aliphatic heterocycles. The van der Waals surface area contributed by atoms with Crippen molar-refractivity contribution in [2.45, 2.75) is 5.03 Å². The molecule has 0 amide bonds. The van der Waals surface area contributed by atoms with Gasteiger partial charge in [-0.3, -0.25) is 9.40 Å². The van der Waals surface area contributed by atoms with Gasteiger partial charge in [-0.2, -0.15) is 13.5 Å². The van der Waals surface area contributed by atoms with E-state index in [1.807, 2.05) is 0 Å². The molecule has 0 atom stereocenters. The largest absolute Gasteiger partial charge is 0.280 e. The summed E-state index contributed by atoms with van der Waals surface area (Å²) in [7, 11) is -2.25. The number of benzene rings is 1. The molecule has 5 nitrogen and oxygen atoms in total. The van der Waals surface area contributed by atoms with Crippen LogP contribution in [0.15, 0.2) is 40.0 Å². The summed E-state index contributed by atoms with van der Waals surface area (Å²) in [6.07, 6.45) is 1.29. The minimum atomic E-state index is -3.77. The van der Waals surface area contributed by atoms with Crippen molar-refractivity contribution in [3.05, 3.63) is 40.0 Å². The van der Waals surface area contributed by atoms with Crippen molar-refractivity contribution >= 4 is 43.2 Å². The fourth-order valence-corrected chi connectivity index (χ4v) is 3.69. The van der Waals surface area contributed by atoms with E-state index in [9.17, 15) is 8.42 Å². The van der Waals surface area contributed by atoms with Crippen LogP contribution in [0.3, 0.4) is 0 Å². The third-order valence-corrected chi connectivity index (χ3v) is 4.78. The molecule has 2 aromatic rings. The zero-order valence-corrected chi connectivity index (χ0v) is 12.4. The van der Waals surface area contributed by atoms with Gasteiger partial charge in [-0.1, -0.05) is 23.7 Å². The first-order chi connectivity index (χ1) is 8.42. The van der Waals surface area contributed by atoms with Crippen LogP contribution in [0, 0.1) is 0 Å². The highest BCUT2D eigenvalue weighted by Crippen LogP contribution is 2.26. The molecule has 0 saturated heterocycles. The summed E-state index contributed by atoms with van der Waals surface area (Å²) in [5.41, 5.74) is 0.440. The quantitative estimate of drug-likeness (QED) is 0.925. The number of anilines is 1. The van der Waals surface area contributed by atoms with E-state index in [0.29, 0.717) is 10.2 Å². The van der Waals surface area contributed by atoms with Crippen LogP contribution in [-0.4, -0.2) is 18.2 Å². The van der Waals surface area contributed by atoms with Crippen molar-refractivity contribution in [2.75, 3.05) is 4.72 Å². The van der Waals surface area contributed by atoms with Gasteiger partial charge in [0.1, 0.15) is 0 Å². The lowest BCUT2D eigenvalue weighted by atomic mass is 10.3. The number of nitrogens with zero attached hydrogens (tertiary/aromatic N) is 2. The van der Waals surface area contributed by atoms with E-state index in [1.54, 1.807) is 24.3 Å². The monoisotopic (exact) mass is 349 g/mol. The lowest BCUT2D eigenvalue weighted by Gasteiger charge is -2.09. The van der Waals surface area contributed by atoms with Crippen molar-refractivity contribution < 1.29 is 8.42 Å². The van der Waals surface area contributed by atoms with E-state index in [4.69, 9.17) is 11.6 Å². The lowest BCUT2D eigenvalue weighted by Crippen LogP contribution is -2.17. The van der Waals surface area contributed by atoms with E-state index in [0.717, 1.165) is 0 Å². The second-order valence-electron chi connectivity index (χ2n) is 3.51. The lowest BCUT2D eigenvalue weighted by molar-refractivity contribution is 0.582. The van der Waals surface area contributed by atoms with E-state index in [2.05, 4.69) is 25.8 Å². The number of rotatable bonds is 3. The summed E-state index contributed by atoms with van der Waals surface area (Å²) in [5.74, 6) is 0. The first-order valence-electron chi connectivity index (χ1n) is 4.86. The van der Waals surface area contributed by atoms with Crippen LogP contribution in [0.25, 0.3) is 0 Å². The van der Waals surface area contributed by atoms with Crippen molar-refractivity contribution in [3.8, 4) is 0 Å². The number of nitrogens with one attached hydrogen (secondary N) is 1. The van der Waals surface area contributed by atoms with Gasteiger partial charge in [0, 0.05) is 11.5 Å². The number of aryl methyl sites for hydroxylation is 1. The molecule has 0 radical (unpaired) electrons. The van der Waals surface area contributed by atoms with Crippen LogP contribution in [0.1, 0.15) is 0 Å². The molecule has 0 bridgehead atoms. The van der Waals surface area contributed by atoms with Gasteiger partial charge in [0.25, 0.3) is 10.0 Å². The molecule has 0 aliphatic carbocycles. The van der Waals surface area contributed by atoms with E-state index >= 15 is 0 Å². The van der Waals surface area contributed by atoms with E-state index in [-0.39, 0.29) is 10.0 Å². The van der Waals surface area contributed by atoms with Crippen molar-refractivity contribution in [1.29, 1.82) is 0 Å². The predicted octanol–water partition coefficient (Wildman–Crippen LogP) is 2.64. The van der Waals surface area contributed by atoms with Crippen LogP contribution in [0.4, 0.5) is 5.69 Å². The van der Waals surface area contributed by atoms with Gasteiger partial charge in [0.2, 0.25) is 0 Å². The SMILES string of the molecule is Cn1ncc(Cl)c1S(=O)(=O)Nc1ccccc1Br. The molecule has 1 aromatic carbocycles. The molecular formula is C10H9BrClN3O2S. The van der Waals surface area contributed by atoms with Gasteiger partial charge in [-0.25, -0.2) is 0 Å². The van der Waals surface area contributed by atoms with Gasteiger partial charge in [0.05, 0.1) is 16.9 Å². The fourth-order valence-electron chi connectivity index (χ4n) is 1.44. The summed E-state index contributed by atoms with van der Waals surface area (Å²) in [4.78, 5) is 0. The van der Waals surface area contributed by atoms with E-state index < -0.39 is 10.0 Å². The van der Waals surface area contributed by atoms with Crippen LogP contribution in [0.2, 0.25) is 5.02 Å². The molecule has 2 rings (SSSR count). The average molecular weight is 351 g/mol. The number of para-hydroxylation sites is 1. The maximum Gasteiger partial charge on any atom is 0.280 e. The van der Waals surface area contributed by atoms with Crippen LogP contribution >= 0.6 is 27.5 Å². The highest BCUT2D eigenvalue weighted by molar-refractivity contribution is 9.10. The third-order valence-electron chi connectivity index (χ3n) is 2.22. The second kappa shape index (κ2) is 4.91. The third kappa shape index (κ3) is 2.52. The number of halogens is 2. The molecule has 1 aromatic heterocycles. The number of aromatic nitrogens is 2. The van der Waals surface area contributed by atoms with Gasteiger partial charge >= 0.3 is 0 Å². The molecule has 0 fully saturated rings. The minimum Gasteiger partial charge on any atom is -0.277 e. The molecule has 0 aliphatic rings. The first-order valence-corrected chi connectivity index (χ1v) is 7.52. The maximum absolute atomic E-state index is 12.2. The molecular weight excluding hydrogens is 342 g/mol. The fraction of sp³-hybridized carbons (Fsp3) is 0.100. The molecule has 18 heavy (non-hydrogen) atoms. The summed E-state index contributed by atoms with van der Waals surface area (Å²) >= 11 is 9.09. The Morgan fingerprint density at radius 3 is 2.61 bits per heavy atom. The number of hydrogen-bond donors (Lipinski definition) is 1. The normalized spacial score (nSPS) is 11.5. The summed E-state index contributed by atoms with van der Waals surface area (Å²) < 4.78 is 28.7. The predicted molar refractivity (Wildman–Crippen MR) is 73.2 cm³/mol. The van der Waals surface area contributed by atoms with Gasteiger partial charge in [-0.15, -0.1) is 0 Å². The molecule has 0 unspecified atom stereocenters. The van der Waals surface area contributed by atoms with Crippen molar-refractivity contribution in [3.63, 3.8) is 0 Å². The Labute approximate surface area is 118 Å². The standard InChI is InChI=1S/C10H9BrClN3O2S/c1-15-10(8(12)6-13-15)18(16,17)14-9-5-3-2-4-7(9)11/h2-6,14H,1H3. The van der Waals surface area contributed by atoms with Gasteiger partial charge in [-0.05, 0) is 28.1 Å². The topological polar surface area (TPSA) is 64.0 Å². The Morgan fingerprint density at radius 1 is 1.39 bits per heavy atom. The number of hydrogen-bond acceptors (Lipinski definition) is 3. The average Bonchev–Trinajstić information content (AvgIpc) is 2.62. The Hall–Kier alpha value is -1.05. The Kier molecular flexibility index (Phi) is 3.65. The molecule has 0 saturated carbocycles. The second-order valence-corrected chi connectivity index (χ2v) is 6.37. The summed E-state index contributed by atoms with van der Waals surface area (Å²) in [5, 5.41) is 3.81. The molecule has 1 heterocycles. The smallest absolute Gasteiger partial charge is 0.277 e. The highest BCUT2D eigenvalue weighted by Gasteiger charge is 2.23. The zero-order chi connectivity index (χ0) is 13.3. The molecule has 1 N–H and O–H groups in total. The number of sulfonamides is 1. The first kappa shape index (κ1) is 13.4. The van der Waals surface area contributed by atoms with Gasteiger partial charge in [0.15, 0.2) is 5.03 Å². The summed E-state index contributed by atoms with van der Waals surface area (Å²) in [6, 6.07) is 6.90. The Balaban J connectivity index is 2.43. The maximum atomic E-state index is 12.2. The summed E-state index contributed by atoms with van der Waals surface area (Å²) in [6.45, 7) is 0. The zero-order valence-electron chi connectivity index (χ0n) is 9.26. The molecule has 0 spiro atoms. The Bertz CT molecular complexity index is 665. The Morgan fingerprint density at radius 2 is 2.06 bits per heavy atom. The minimum absolute atomic E-state index is 0.0695. The van der Waals surface area contributed by atoms with Crippen molar-refractivity contribution in [1.82, 2.24) is 9.78 Å². The van der Waals surface area contributed by atoms with Crippen molar-refractivity contribution in [2.24, 2.45) is 7.05 Å². The molecule has 96 valence electrons. The van der Waals surface area contributed by atoms with Crippen LogP contribution in [-0.2, 0) is 17.1 Å². The van der Waals surface area contributed by atoms with Crippen LogP contribution < -0.4 is 4.72 Å². The van der Waals surface area contributed by atoms with Crippen LogP contribution in [0.5, 0.6) is 0 Å². The van der Waals surface area contributed by atoms with E-state index in [1.165, 1.54) is 17.9 Å².